The molecular formula is C20H22N2O2S2. The van der Waals surface area contributed by atoms with Crippen molar-refractivity contribution in [3.63, 3.8) is 0 Å². The van der Waals surface area contributed by atoms with E-state index < -0.39 is 0 Å². The van der Waals surface area contributed by atoms with Crippen LogP contribution in [0.2, 0.25) is 0 Å². The molecule has 6 heteroatoms. The van der Waals surface area contributed by atoms with Crippen molar-refractivity contribution in [2.75, 3.05) is 18.6 Å². The third-order valence-corrected chi connectivity index (χ3v) is 5.61. The van der Waals surface area contributed by atoms with Gasteiger partial charge in [0.1, 0.15) is 5.75 Å². The highest BCUT2D eigenvalue weighted by molar-refractivity contribution is 7.98. The second-order valence-electron chi connectivity index (χ2n) is 5.87. The molecule has 0 bridgehead atoms. The largest absolute Gasteiger partial charge is 0.494 e. The van der Waals surface area contributed by atoms with Crippen molar-refractivity contribution in [2.45, 2.75) is 20.4 Å². The number of rotatable bonds is 6. The van der Waals surface area contributed by atoms with Gasteiger partial charge in [-0.3, -0.25) is 4.79 Å². The second kappa shape index (κ2) is 8.56. The number of fused-ring (bicyclic) bond motifs is 1. The van der Waals surface area contributed by atoms with Gasteiger partial charge in [-0.2, -0.15) is 16.8 Å². The van der Waals surface area contributed by atoms with Crippen molar-refractivity contribution in [2.24, 2.45) is 4.99 Å². The number of amides is 1. The predicted molar refractivity (Wildman–Crippen MR) is 110 cm³/mol. The lowest BCUT2D eigenvalue weighted by Gasteiger charge is -2.05. The van der Waals surface area contributed by atoms with Gasteiger partial charge in [0, 0.05) is 17.9 Å². The van der Waals surface area contributed by atoms with Crippen LogP contribution in [0.1, 0.15) is 22.8 Å². The third-order valence-electron chi connectivity index (χ3n) is 3.98. The van der Waals surface area contributed by atoms with E-state index in [1.54, 1.807) is 11.8 Å². The second-order valence-corrected chi connectivity index (χ2v) is 7.87. The fourth-order valence-electron chi connectivity index (χ4n) is 2.64. The lowest BCUT2D eigenvalue weighted by Crippen LogP contribution is -2.18. The summed E-state index contributed by atoms with van der Waals surface area (Å²) in [5.41, 5.74) is 2.82. The number of aryl methyl sites for hydroxylation is 2. The Morgan fingerprint density at radius 2 is 2.00 bits per heavy atom. The highest BCUT2D eigenvalue weighted by Gasteiger charge is 2.10. The summed E-state index contributed by atoms with van der Waals surface area (Å²) in [5.74, 6) is 1.60. The standard InChI is InChI=1S/C20H22N2O2S2/c1-4-24-16-9-10-17-18(13-16)26-20(22(17)11-12-25-3)21-19(23)15-7-5-14(2)6-8-15/h5-10,13H,4,11-12H2,1-3H3. The Bertz CT molecular complexity index is 972. The van der Waals surface area contributed by atoms with Crippen LogP contribution in [0.4, 0.5) is 0 Å². The van der Waals surface area contributed by atoms with Crippen molar-refractivity contribution in [3.05, 3.63) is 58.4 Å². The summed E-state index contributed by atoms with van der Waals surface area (Å²) in [5, 5.41) is 0. The molecule has 2 aromatic carbocycles. The first-order valence-corrected chi connectivity index (χ1v) is 10.7. The van der Waals surface area contributed by atoms with Gasteiger partial charge in [0.2, 0.25) is 0 Å². The summed E-state index contributed by atoms with van der Waals surface area (Å²) in [6.45, 7) is 5.42. The number of aromatic nitrogens is 1. The molecule has 3 aromatic rings. The molecule has 0 saturated carbocycles. The summed E-state index contributed by atoms with van der Waals surface area (Å²) < 4.78 is 8.80. The van der Waals surface area contributed by atoms with Crippen LogP contribution < -0.4 is 9.54 Å². The fraction of sp³-hybridized carbons (Fsp3) is 0.300. The molecular weight excluding hydrogens is 364 g/mol. The number of ether oxygens (including phenoxy) is 1. The number of carbonyl (C=O) groups is 1. The zero-order chi connectivity index (χ0) is 18.5. The topological polar surface area (TPSA) is 43.6 Å². The number of thiazole rings is 1. The molecule has 4 nitrogen and oxygen atoms in total. The zero-order valence-corrected chi connectivity index (χ0v) is 16.8. The van der Waals surface area contributed by atoms with Crippen LogP contribution in [0.15, 0.2) is 47.5 Å². The monoisotopic (exact) mass is 386 g/mol. The zero-order valence-electron chi connectivity index (χ0n) is 15.2. The van der Waals surface area contributed by atoms with Crippen molar-refractivity contribution < 1.29 is 9.53 Å². The van der Waals surface area contributed by atoms with Gasteiger partial charge in [0.25, 0.3) is 5.91 Å². The number of hydrogen-bond acceptors (Lipinski definition) is 4. The highest BCUT2D eigenvalue weighted by atomic mass is 32.2. The van der Waals surface area contributed by atoms with Crippen molar-refractivity contribution in [3.8, 4) is 5.75 Å². The molecule has 26 heavy (non-hydrogen) atoms. The Kier molecular flexibility index (Phi) is 6.16. The summed E-state index contributed by atoms with van der Waals surface area (Å²) in [6.07, 6.45) is 2.08. The SMILES string of the molecule is CCOc1ccc2c(c1)sc(=NC(=O)c1ccc(C)cc1)n2CCSC. The van der Waals surface area contributed by atoms with Crippen LogP contribution in [0.3, 0.4) is 0 Å². The van der Waals surface area contributed by atoms with E-state index in [0.717, 1.165) is 38.6 Å². The van der Waals surface area contributed by atoms with E-state index in [4.69, 9.17) is 4.74 Å². The van der Waals surface area contributed by atoms with Crippen molar-refractivity contribution in [1.82, 2.24) is 4.57 Å². The van der Waals surface area contributed by atoms with E-state index in [0.29, 0.717) is 12.2 Å². The van der Waals surface area contributed by atoms with E-state index in [2.05, 4.69) is 15.8 Å². The Morgan fingerprint density at radius 1 is 1.23 bits per heavy atom. The molecule has 0 atom stereocenters. The van der Waals surface area contributed by atoms with Crippen LogP contribution in [0.25, 0.3) is 10.2 Å². The molecule has 3 rings (SSSR count). The van der Waals surface area contributed by atoms with Gasteiger partial charge in [-0.1, -0.05) is 29.0 Å². The summed E-state index contributed by atoms with van der Waals surface area (Å²) >= 11 is 3.30. The summed E-state index contributed by atoms with van der Waals surface area (Å²) in [4.78, 5) is 17.7. The molecule has 136 valence electrons. The van der Waals surface area contributed by atoms with E-state index in [1.165, 1.54) is 11.3 Å². The summed E-state index contributed by atoms with van der Waals surface area (Å²) in [7, 11) is 0. The first-order chi connectivity index (χ1) is 12.6. The number of hydrogen-bond donors (Lipinski definition) is 0. The average Bonchev–Trinajstić information content (AvgIpc) is 2.97. The van der Waals surface area contributed by atoms with Gasteiger partial charge in [0.05, 0.1) is 16.8 Å². The third kappa shape index (κ3) is 4.19. The number of nitrogens with zero attached hydrogens (tertiary/aromatic N) is 2. The summed E-state index contributed by atoms with van der Waals surface area (Å²) in [6, 6.07) is 13.6. The number of carbonyl (C=O) groups excluding carboxylic acids is 1. The van der Waals surface area contributed by atoms with Gasteiger partial charge in [0.15, 0.2) is 4.80 Å². The number of thioether (sulfide) groups is 1. The molecule has 0 aliphatic rings. The van der Waals surface area contributed by atoms with Gasteiger partial charge in [-0.05, 0) is 50.4 Å². The Labute approximate surface area is 161 Å². The maximum Gasteiger partial charge on any atom is 0.279 e. The lowest BCUT2D eigenvalue weighted by molar-refractivity contribution is 0.0998. The van der Waals surface area contributed by atoms with Crippen LogP contribution in [-0.4, -0.2) is 29.1 Å². The fourth-order valence-corrected chi connectivity index (χ4v) is 4.09. The predicted octanol–water partition coefficient (Wildman–Crippen LogP) is 4.51. The molecule has 1 amide bonds. The smallest absolute Gasteiger partial charge is 0.279 e. The lowest BCUT2D eigenvalue weighted by atomic mass is 10.1. The van der Waals surface area contributed by atoms with Crippen LogP contribution in [0, 0.1) is 6.92 Å². The van der Waals surface area contributed by atoms with Gasteiger partial charge in [-0.15, -0.1) is 0 Å². The van der Waals surface area contributed by atoms with E-state index in [1.807, 2.05) is 56.3 Å². The van der Waals surface area contributed by atoms with Crippen molar-refractivity contribution >= 4 is 39.2 Å². The maximum absolute atomic E-state index is 12.6. The quantitative estimate of drug-likeness (QED) is 0.626. The first-order valence-electron chi connectivity index (χ1n) is 8.53. The van der Waals surface area contributed by atoms with Crippen LogP contribution >= 0.6 is 23.1 Å². The van der Waals surface area contributed by atoms with Gasteiger partial charge >= 0.3 is 0 Å². The van der Waals surface area contributed by atoms with Crippen LogP contribution in [-0.2, 0) is 6.54 Å². The maximum atomic E-state index is 12.6. The molecule has 0 aliphatic heterocycles. The van der Waals surface area contributed by atoms with Gasteiger partial charge in [-0.25, -0.2) is 0 Å². The molecule has 0 radical (unpaired) electrons. The van der Waals surface area contributed by atoms with E-state index in [9.17, 15) is 4.79 Å². The van der Waals surface area contributed by atoms with E-state index >= 15 is 0 Å². The molecule has 0 spiro atoms. The molecule has 0 unspecified atom stereocenters. The molecule has 0 saturated heterocycles. The minimum absolute atomic E-state index is 0.209. The van der Waals surface area contributed by atoms with Crippen LogP contribution in [0.5, 0.6) is 5.75 Å². The Morgan fingerprint density at radius 3 is 2.69 bits per heavy atom. The Hall–Kier alpha value is -2.05. The molecule has 0 fully saturated rings. The molecule has 0 N–H and O–H groups in total. The average molecular weight is 387 g/mol. The van der Waals surface area contributed by atoms with E-state index in [-0.39, 0.29) is 5.91 Å². The highest BCUT2D eigenvalue weighted by Crippen LogP contribution is 2.24. The van der Waals surface area contributed by atoms with Gasteiger partial charge < -0.3 is 9.30 Å². The normalized spacial score (nSPS) is 11.9. The minimum atomic E-state index is -0.209. The first kappa shape index (κ1) is 18.7. The molecule has 1 aromatic heterocycles. The minimum Gasteiger partial charge on any atom is -0.494 e. The Balaban J connectivity index is 2.07. The molecule has 0 aliphatic carbocycles. The molecule has 1 heterocycles. The number of benzene rings is 2. The van der Waals surface area contributed by atoms with Crippen molar-refractivity contribution in [1.29, 1.82) is 0 Å².